The highest BCUT2D eigenvalue weighted by molar-refractivity contribution is 7.92. The Balaban J connectivity index is 2.51. The first-order valence-corrected chi connectivity index (χ1v) is 14.0. The number of benzene rings is 2. The Morgan fingerprint density at radius 3 is 2.25 bits per heavy atom. The van der Waals surface area contributed by atoms with Crippen molar-refractivity contribution in [3.63, 3.8) is 0 Å². The summed E-state index contributed by atoms with van der Waals surface area (Å²) in [6.45, 7) is 6.13. The summed E-state index contributed by atoms with van der Waals surface area (Å²) < 4.78 is 26.3. The minimum absolute atomic E-state index is 0.0378. The summed E-state index contributed by atoms with van der Waals surface area (Å²) in [5, 5.41) is 3.55. The maximum Gasteiger partial charge on any atom is 0.244 e. The number of amides is 2. The molecule has 36 heavy (non-hydrogen) atoms. The van der Waals surface area contributed by atoms with Crippen molar-refractivity contribution >= 4 is 56.5 Å². The molecule has 2 aromatic carbocycles. The zero-order valence-electron chi connectivity index (χ0n) is 20.9. The Morgan fingerprint density at radius 1 is 1.06 bits per heavy atom. The predicted octanol–water partition coefficient (Wildman–Crippen LogP) is 4.29. The molecule has 0 aliphatic carbocycles. The number of halogens is 2. The minimum atomic E-state index is -3.92. The number of hydrogen-bond donors (Lipinski definition) is 1. The fourth-order valence-corrected chi connectivity index (χ4v) is 4.94. The molecule has 1 N–H and O–H groups in total. The molecular weight excluding hydrogens is 525 g/mol. The molecule has 0 saturated heterocycles. The lowest BCUT2D eigenvalue weighted by atomic mass is 10.1. The number of carbonyl (C=O) groups is 3. The van der Waals surface area contributed by atoms with Gasteiger partial charge in [0.2, 0.25) is 21.8 Å². The largest absolute Gasteiger partial charge is 0.352 e. The van der Waals surface area contributed by atoms with Crippen LogP contribution in [0, 0.1) is 0 Å². The van der Waals surface area contributed by atoms with Crippen LogP contribution >= 0.6 is 23.2 Å². The monoisotopic (exact) mass is 555 g/mol. The van der Waals surface area contributed by atoms with Gasteiger partial charge in [0.15, 0.2) is 5.78 Å². The summed E-state index contributed by atoms with van der Waals surface area (Å²) >= 11 is 12.4. The molecule has 2 amide bonds. The minimum Gasteiger partial charge on any atom is -0.352 e. The van der Waals surface area contributed by atoms with Crippen LogP contribution in [-0.2, 0) is 26.2 Å². The second-order valence-corrected chi connectivity index (χ2v) is 11.5. The van der Waals surface area contributed by atoms with Crippen molar-refractivity contribution in [3.8, 4) is 0 Å². The van der Waals surface area contributed by atoms with Gasteiger partial charge in [-0.15, -0.1) is 0 Å². The van der Waals surface area contributed by atoms with Crippen LogP contribution in [0.5, 0.6) is 0 Å². The van der Waals surface area contributed by atoms with Crippen LogP contribution in [0.3, 0.4) is 0 Å². The van der Waals surface area contributed by atoms with Gasteiger partial charge in [-0.25, -0.2) is 8.42 Å². The third kappa shape index (κ3) is 7.94. The number of anilines is 1. The summed E-state index contributed by atoms with van der Waals surface area (Å²) in [4.78, 5) is 39.8. The van der Waals surface area contributed by atoms with Gasteiger partial charge in [-0.1, -0.05) is 48.3 Å². The van der Waals surface area contributed by atoms with Gasteiger partial charge in [-0.3, -0.25) is 18.7 Å². The maximum atomic E-state index is 13.7. The Kier molecular flexibility index (Phi) is 10.3. The van der Waals surface area contributed by atoms with Gasteiger partial charge in [0, 0.05) is 28.2 Å². The number of nitrogens with one attached hydrogen (secondary N) is 1. The van der Waals surface area contributed by atoms with E-state index in [-0.39, 0.29) is 36.4 Å². The number of rotatable bonds is 11. The Morgan fingerprint density at radius 2 is 1.72 bits per heavy atom. The average molecular weight is 557 g/mol. The van der Waals surface area contributed by atoms with Gasteiger partial charge in [0.25, 0.3) is 0 Å². The van der Waals surface area contributed by atoms with Gasteiger partial charge in [-0.05, 0) is 57.0 Å². The number of hydrogen-bond acceptors (Lipinski definition) is 5. The Labute approximate surface area is 222 Å². The molecule has 0 unspecified atom stereocenters. The number of Topliss-reactive ketones (excluding diaryl/α,β-unsaturated/α-hetero) is 1. The van der Waals surface area contributed by atoms with E-state index in [1.807, 2.05) is 0 Å². The molecule has 11 heteroatoms. The van der Waals surface area contributed by atoms with Gasteiger partial charge in [0.1, 0.15) is 12.6 Å². The van der Waals surface area contributed by atoms with E-state index in [2.05, 4.69) is 5.32 Å². The molecule has 2 rings (SSSR count). The average Bonchev–Trinajstić information content (AvgIpc) is 2.77. The van der Waals surface area contributed by atoms with E-state index >= 15 is 0 Å². The summed E-state index contributed by atoms with van der Waals surface area (Å²) in [6.07, 6.45) is 1.26. The van der Waals surface area contributed by atoms with Gasteiger partial charge < -0.3 is 10.2 Å². The maximum absolute atomic E-state index is 13.7. The van der Waals surface area contributed by atoms with Crippen molar-refractivity contribution in [1.29, 1.82) is 0 Å². The standard InChI is InChI=1S/C25H31Cl2N3O5S/c1-6-23(25(33)28-16(2)3)29(14-19-10-11-20(26)13-22(19)27)24(32)15-30(36(5,34)35)21-9-7-8-18(12-21)17(4)31/h7-13,16,23H,6,14-15H2,1-5H3,(H,28,33)/t23-/m0/s1. The number of ketones is 1. The lowest BCUT2D eigenvalue weighted by Gasteiger charge is -2.33. The second-order valence-electron chi connectivity index (χ2n) is 8.72. The lowest BCUT2D eigenvalue weighted by Crippen LogP contribution is -2.53. The summed E-state index contributed by atoms with van der Waals surface area (Å²) in [5.74, 6) is -1.21. The van der Waals surface area contributed by atoms with E-state index in [9.17, 15) is 22.8 Å². The molecule has 0 saturated carbocycles. The molecule has 0 aliphatic rings. The second kappa shape index (κ2) is 12.6. The van der Waals surface area contributed by atoms with E-state index in [4.69, 9.17) is 23.2 Å². The molecular formula is C25H31Cl2N3O5S. The summed E-state index contributed by atoms with van der Waals surface area (Å²) in [5.41, 5.74) is 1.03. The zero-order valence-corrected chi connectivity index (χ0v) is 23.2. The fraction of sp³-hybridized carbons (Fsp3) is 0.400. The molecule has 1 atom stereocenters. The van der Waals surface area contributed by atoms with Crippen molar-refractivity contribution in [2.45, 2.75) is 52.7 Å². The lowest BCUT2D eigenvalue weighted by molar-refractivity contribution is -0.140. The van der Waals surface area contributed by atoms with Crippen molar-refractivity contribution in [1.82, 2.24) is 10.2 Å². The smallest absolute Gasteiger partial charge is 0.244 e. The number of carbonyl (C=O) groups excluding carboxylic acids is 3. The first kappa shape index (κ1) is 29.6. The fourth-order valence-electron chi connectivity index (χ4n) is 3.63. The highest BCUT2D eigenvalue weighted by Gasteiger charge is 2.32. The van der Waals surface area contributed by atoms with E-state index in [0.717, 1.165) is 10.6 Å². The van der Waals surface area contributed by atoms with Crippen molar-refractivity contribution in [3.05, 3.63) is 63.6 Å². The van der Waals surface area contributed by atoms with Crippen molar-refractivity contribution < 1.29 is 22.8 Å². The van der Waals surface area contributed by atoms with E-state index in [0.29, 0.717) is 21.2 Å². The molecule has 0 heterocycles. The summed E-state index contributed by atoms with van der Waals surface area (Å²) in [6, 6.07) is 9.80. The molecule has 0 radical (unpaired) electrons. The highest BCUT2D eigenvalue weighted by Crippen LogP contribution is 2.25. The van der Waals surface area contributed by atoms with Crippen LogP contribution in [0.25, 0.3) is 0 Å². The first-order chi connectivity index (χ1) is 16.7. The first-order valence-electron chi connectivity index (χ1n) is 11.4. The van der Waals surface area contributed by atoms with E-state index < -0.39 is 28.5 Å². The van der Waals surface area contributed by atoms with Crippen LogP contribution in [0.2, 0.25) is 10.0 Å². The highest BCUT2D eigenvalue weighted by atomic mass is 35.5. The molecule has 196 valence electrons. The van der Waals surface area contributed by atoms with Crippen LogP contribution in [0.15, 0.2) is 42.5 Å². The van der Waals surface area contributed by atoms with Gasteiger partial charge in [0.05, 0.1) is 11.9 Å². The zero-order chi connectivity index (χ0) is 27.2. The molecule has 0 fully saturated rings. The molecule has 0 spiro atoms. The van der Waals surface area contributed by atoms with Gasteiger partial charge >= 0.3 is 0 Å². The van der Waals surface area contributed by atoms with Gasteiger partial charge in [-0.2, -0.15) is 0 Å². The van der Waals surface area contributed by atoms with Crippen molar-refractivity contribution in [2.75, 3.05) is 17.1 Å². The van der Waals surface area contributed by atoms with E-state index in [1.165, 1.54) is 30.0 Å². The molecule has 8 nitrogen and oxygen atoms in total. The van der Waals surface area contributed by atoms with Crippen LogP contribution in [0.4, 0.5) is 5.69 Å². The summed E-state index contributed by atoms with van der Waals surface area (Å²) in [7, 11) is -3.92. The molecule has 2 aromatic rings. The Bertz CT molecular complexity index is 1230. The Hall–Kier alpha value is -2.62. The normalized spacial score (nSPS) is 12.2. The van der Waals surface area contributed by atoms with E-state index in [1.54, 1.807) is 45.0 Å². The third-order valence-corrected chi connectivity index (χ3v) is 7.12. The quantitative estimate of drug-likeness (QED) is 0.416. The molecule has 0 aromatic heterocycles. The number of sulfonamides is 1. The van der Waals surface area contributed by atoms with Crippen LogP contribution < -0.4 is 9.62 Å². The van der Waals surface area contributed by atoms with Crippen LogP contribution in [0.1, 0.15) is 50.0 Å². The molecule has 0 bridgehead atoms. The van der Waals surface area contributed by atoms with Crippen LogP contribution in [-0.4, -0.2) is 55.8 Å². The number of nitrogens with zero attached hydrogens (tertiary/aromatic N) is 2. The molecule has 0 aliphatic heterocycles. The topological polar surface area (TPSA) is 104 Å². The van der Waals surface area contributed by atoms with Crippen molar-refractivity contribution in [2.24, 2.45) is 0 Å². The third-order valence-electron chi connectivity index (χ3n) is 5.39. The predicted molar refractivity (Wildman–Crippen MR) is 143 cm³/mol. The SMILES string of the molecule is CC[C@@H](C(=O)NC(C)C)N(Cc1ccc(Cl)cc1Cl)C(=O)CN(c1cccc(C(C)=O)c1)S(C)(=O)=O.